The molecule has 1 aromatic heterocycles. The molecule has 0 aliphatic heterocycles. The van der Waals surface area contributed by atoms with Crippen LogP contribution in [-0.4, -0.2) is 29.2 Å². The lowest BCUT2D eigenvalue weighted by molar-refractivity contribution is -0.139. The number of carbonyl (C=O) groups is 1. The number of benzene rings is 3. The van der Waals surface area contributed by atoms with Crippen molar-refractivity contribution in [1.29, 1.82) is 0 Å². The highest BCUT2D eigenvalue weighted by Crippen LogP contribution is 2.32. The predicted molar refractivity (Wildman–Crippen MR) is 134 cm³/mol. The maximum absolute atomic E-state index is 12.0. The van der Waals surface area contributed by atoms with Crippen molar-refractivity contribution in [3.8, 4) is 11.5 Å². The van der Waals surface area contributed by atoms with E-state index in [9.17, 15) is 9.90 Å². The van der Waals surface area contributed by atoms with E-state index in [0.717, 1.165) is 27.6 Å². The van der Waals surface area contributed by atoms with Crippen LogP contribution in [-0.2, 0) is 24.4 Å². The van der Waals surface area contributed by atoms with Crippen molar-refractivity contribution in [3.63, 3.8) is 0 Å². The summed E-state index contributed by atoms with van der Waals surface area (Å²) in [5, 5.41) is 14.9. The molecule has 0 amide bonds. The third-order valence-corrected chi connectivity index (χ3v) is 6.32. The van der Waals surface area contributed by atoms with Crippen LogP contribution in [0.4, 0.5) is 0 Å². The van der Waals surface area contributed by atoms with Gasteiger partial charge in [0.15, 0.2) is 11.5 Å². The van der Waals surface area contributed by atoms with E-state index in [-0.39, 0.29) is 13.2 Å². The van der Waals surface area contributed by atoms with Crippen LogP contribution in [0.3, 0.4) is 0 Å². The number of aromatic nitrogens is 1. The molecule has 1 heterocycles. The van der Waals surface area contributed by atoms with Crippen LogP contribution < -0.4 is 14.8 Å². The van der Waals surface area contributed by atoms with Crippen LogP contribution in [0.25, 0.3) is 10.9 Å². The van der Waals surface area contributed by atoms with E-state index in [1.165, 1.54) is 0 Å². The van der Waals surface area contributed by atoms with Gasteiger partial charge in [0.1, 0.15) is 12.6 Å². The second kappa shape index (κ2) is 10.8. The van der Waals surface area contributed by atoms with E-state index in [4.69, 9.17) is 32.7 Å². The summed E-state index contributed by atoms with van der Waals surface area (Å²) in [6.07, 6.45) is 2.20. The number of fused-ring (bicyclic) bond motifs is 1. The zero-order chi connectivity index (χ0) is 24.1. The van der Waals surface area contributed by atoms with Crippen molar-refractivity contribution in [2.45, 2.75) is 25.6 Å². The molecule has 0 aliphatic rings. The Hall–Kier alpha value is -3.19. The molecule has 8 heteroatoms. The molecular weight excluding hydrogens is 475 g/mol. The molecule has 3 aromatic carbocycles. The molecule has 0 fully saturated rings. The molecule has 4 rings (SSSR count). The maximum atomic E-state index is 12.0. The monoisotopic (exact) mass is 498 g/mol. The molecule has 0 radical (unpaired) electrons. The standard InChI is InChI=1S/C26H24Cl2N2O4/c1-33-24-8-4-5-17(25(24)34-15-16-9-10-20(27)21(28)11-16)13-30-23(26(31)32)12-18-14-29-22-7-3-2-6-19(18)22/h2-11,14,23,29-30H,12-13,15H2,1H3,(H,31,32)/t23-/m1/s1. The number of rotatable bonds is 10. The fourth-order valence-electron chi connectivity index (χ4n) is 3.81. The Balaban J connectivity index is 1.50. The number of carboxylic acids is 1. The molecule has 4 aromatic rings. The minimum Gasteiger partial charge on any atom is -0.493 e. The van der Waals surface area contributed by atoms with Gasteiger partial charge in [-0.3, -0.25) is 10.1 Å². The topological polar surface area (TPSA) is 83.6 Å². The zero-order valence-electron chi connectivity index (χ0n) is 18.5. The molecule has 1 atom stereocenters. The third-order valence-electron chi connectivity index (χ3n) is 5.58. The first-order chi connectivity index (χ1) is 16.5. The van der Waals surface area contributed by atoms with E-state index in [1.807, 2.05) is 48.7 Å². The van der Waals surface area contributed by atoms with E-state index in [2.05, 4.69) is 10.3 Å². The van der Waals surface area contributed by atoms with Gasteiger partial charge in [0.25, 0.3) is 0 Å². The summed E-state index contributed by atoms with van der Waals surface area (Å²) in [6, 6.07) is 17.9. The van der Waals surface area contributed by atoms with Gasteiger partial charge in [0.2, 0.25) is 0 Å². The summed E-state index contributed by atoms with van der Waals surface area (Å²) < 4.78 is 11.6. The zero-order valence-corrected chi connectivity index (χ0v) is 20.0. The number of ether oxygens (including phenoxy) is 2. The van der Waals surface area contributed by atoms with E-state index < -0.39 is 12.0 Å². The fourth-order valence-corrected chi connectivity index (χ4v) is 4.13. The Labute approximate surface area is 207 Å². The second-order valence-electron chi connectivity index (χ2n) is 7.82. The lowest BCUT2D eigenvalue weighted by Crippen LogP contribution is -2.38. The van der Waals surface area contributed by atoms with Crippen molar-refractivity contribution in [2.24, 2.45) is 0 Å². The number of halogens is 2. The fraction of sp³-hybridized carbons (Fsp3) is 0.192. The van der Waals surface area contributed by atoms with Crippen LogP contribution in [0.2, 0.25) is 10.0 Å². The molecule has 3 N–H and O–H groups in total. The van der Waals surface area contributed by atoms with Crippen LogP contribution in [0, 0.1) is 0 Å². The van der Waals surface area contributed by atoms with Crippen molar-refractivity contribution in [3.05, 3.63) is 93.6 Å². The smallest absolute Gasteiger partial charge is 0.321 e. The highest BCUT2D eigenvalue weighted by molar-refractivity contribution is 6.42. The van der Waals surface area contributed by atoms with Gasteiger partial charge in [-0.05, 0) is 35.4 Å². The summed E-state index contributed by atoms with van der Waals surface area (Å²) >= 11 is 12.1. The van der Waals surface area contributed by atoms with E-state index in [0.29, 0.717) is 28.0 Å². The number of hydrogen-bond donors (Lipinski definition) is 3. The van der Waals surface area contributed by atoms with Gasteiger partial charge in [-0.15, -0.1) is 0 Å². The molecule has 0 unspecified atom stereocenters. The average Bonchev–Trinajstić information content (AvgIpc) is 3.25. The van der Waals surface area contributed by atoms with Gasteiger partial charge in [-0.25, -0.2) is 0 Å². The van der Waals surface area contributed by atoms with Crippen LogP contribution in [0.15, 0.2) is 66.9 Å². The Morgan fingerprint density at radius 1 is 1.06 bits per heavy atom. The second-order valence-corrected chi connectivity index (χ2v) is 8.64. The van der Waals surface area contributed by atoms with Crippen molar-refractivity contribution in [2.75, 3.05) is 7.11 Å². The van der Waals surface area contributed by atoms with Crippen molar-refractivity contribution >= 4 is 40.1 Å². The predicted octanol–water partition coefficient (Wildman–Crippen LogP) is 5.85. The Bertz CT molecular complexity index is 1310. The Morgan fingerprint density at radius 3 is 2.65 bits per heavy atom. The van der Waals surface area contributed by atoms with Gasteiger partial charge in [0, 0.05) is 35.6 Å². The summed E-state index contributed by atoms with van der Waals surface area (Å²) in [7, 11) is 1.57. The molecular formula is C26H24Cl2N2O4. The first-order valence-corrected chi connectivity index (χ1v) is 11.5. The van der Waals surface area contributed by atoms with Gasteiger partial charge < -0.3 is 19.6 Å². The minimum absolute atomic E-state index is 0.252. The molecule has 6 nitrogen and oxygen atoms in total. The summed E-state index contributed by atoms with van der Waals surface area (Å²) in [5.74, 6) is 0.175. The normalized spacial score (nSPS) is 12.0. The third kappa shape index (κ3) is 5.47. The van der Waals surface area contributed by atoms with E-state index >= 15 is 0 Å². The number of carboxylic acid groups (broad SMARTS) is 1. The highest BCUT2D eigenvalue weighted by atomic mass is 35.5. The SMILES string of the molecule is COc1cccc(CN[C@H](Cc2c[nH]c3ccccc23)C(=O)O)c1OCc1ccc(Cl)c(Cl)c1. The lowest BCUT2D eigenvalue weighted by Gasteiger charge is -2.18. The number of methoxy groups -OCH3 is 1. The Kier molecular flexibility index (Phi) is 7.63. The van der Waals surface area contributed by atoms with Gasteiger partial charge in [-0.2, -0.15) is 0 Å². The molecule has 0 saturated heterocycles. The largest absolute Gasteiger partial charge is 0.493 e. The number of para-hydroxylation sites is 2. The first-order valence-electron chi connectivity index (χ1n) is 10.7. The quantitative estimate of drug-likeness (QED) is 0.255. The molecule has 176 valence electrons. The van der Waals surface area contributed by atoms with Gasteiger partial charge in [0.05, 0.1) is 17.2 Å². The lowest BCUT2D eigenvalue weighted by atomic mass is 10.0. The molecule has 34 heavy (non-hydrogen) atoms. The minimum atomic E-state index is -0.925. The Morgan fingerprint density at radius 2 is 1.88 bits per heavy atom. The summed E-state index contributed by atoms with van der Waals surface area (Å²) in [5.41, 5.74) is 3.55. The number of aromatic amines is 1. The molecule has 0 bridgehead atoms. The van der Waals surface area contributed by atoms with Crippen molar-refractivity contribution in [1.82, 2.24) is 10.3 Å². The van der Waals surface area contributed by atoms with Gasteiger partial charge in [-0.1, -0.05) is 59.6 Å². The number of H-pyrrole nitrogens is 1. The van der Waals surface area contributed by atoms with E-state index in [1.54, 1.807) is 25.3 Å². The van der Waals surface area contributed by atoms with Crippen molar-refractivity contribution < 1.29 is 19.4 Å². The molecule has 0 aliphatic carbocycles. The van der Waals surface area contributed by atoms with Crippen LogP contribution in [0.1, 0.15) is 16.7 Å². The first kappa shape index (κ1) is 24.0. The summed E-state index contributed by atoms with van der Waals surface area (Å²) in [4.78, 5) is 15.2. The number of nitrogens with one attached hydrogen (secondary N) is 2. The molecule has 0 saturated carbocycles. The number of hydrogen-bond acceptors (Lipinski definition) is 4. The maximum Gasteiger partial charge on any atom is 0.321 e. The molecule has 0 spiro atoms. The van der Waals surface area contributed by atoms with Gasteiger partial charge >= 0.3 is 5.97 Å². The van der Waals surface area contributed by atoms with Crippen LogP contribution in [0.5, 0.6) is 11.5 Å². The highest BCUT2D eigenvalue weighted by Gasteiger charge is 2.21. The average molecular weight is 499 g/mol. The number of aliphatic carboxylic acids is 1. The van der Waals surface area contributed by atoms with Crippen LogP contribution >= 0.6 is 23.2 Å². The summed E-state index contributed by atoms with van der Waals surface area (Å²) in [6.45, 7) is 0.537.